The molecule has 27 heavy (non-hydrogen) atoms. The molecule has 1 heterocycles. The fourth-order valence-corrected chi connectivity index (χ4v) is 3.51. The summed E-state index contributed by atoms with van der Waals surface area (Å²) in [7, 11) is 5.36. The van der Waals surface area contributed by atoms with Crippen LogP contribution in [0.25, 0.3) is 0 Å². The Morgan fingerprint density at radius 2 is 2.00 bits per heavy atom. The summed E-state index contributed by atoms with van der Waals surface area (Å²) in [6.45, 7) is 0.314. The van der Waals surface area contributed by atoms with Crippen LogP contribution >= 0.6 is 11.6 Å². The van der Waals surface area contributed by atoms with Gasteiger partial charge in [0.25, 0.3) is 0 Å². The molecule has 1 unspecified atom stereocenters. The van der Waals surface area contributed by atoms with Gasteiger partial charge in [0.15, 0.2) is 0 Å². The van der Waals surface area contributed by atoms with E-state index in [1.54, 1.807) is 30.2 Å². The number of anilines is 3. The minimum atomic E-state index is -0.435. The summed E-state index contributed by atoms with van der Waals surface area (Å²) in [6.07, 6.45) is 0.160. The van der Waals surface area contributed by atoms with E-state index in [9.17, 15) is 9.59 Å². The van der Waals surface area contributed by atoms with Gasteiger partial charge in [-0.3, -0.25) is 9.59 Å². The maximum absolute atomic E-state index is 12.6. The normalized spacial score (nSPS) is 16.4. The summed E-state index contributed by atoms with van der Waals surface area (Å²) < 4.78 is 5.33. The molecule has 1 atom stereocenters. The zero-order valence-electron chi connectivity index (χ0n) is 15.5. The molecule has 0 aromatic heterocycles. The number of carbonyl (C=O) groups excluding carboxylic acids is 2. The summed E-state index contributed by atoms with van der Waals surface area (Å²) in [5.41, 5.74) is 2.16. The van der Waals surface area contributed by atoms with E-state index in [0.29, 0.717) is 28.7 Å². The van der Waals surface area contributed by atoms with E-state index in [4.69, 9.17) is 16.3 Å². The number of nitrogens with one attached hydrogen (secondary N) is 1. The second-order valence-electron chi connectivity index (χ2n) is 6.63. The molecule has 142 valence electrons. The standard InChI is InChI=1S/C20H22ClN3O3/c1-23(2)16-9-8-14(11-15(16)21)22-20(26)13-10-19(25)24(12-13)17-6-4-5-7-18(17)27-3/h4-9,11,13H,10,12H2,1-3H3,(H,22,26). The van der Waals surface area contributed by atoms with E-state index in [0.717, 1.165) is 5.69 Å². The summed E-state index contributed by atoms with van der Waals surface area (Å²) in [5, 5.41) is 3.41. The number of hydrogen-bond donors (Lipinski definition) is 1. The molecule has 0 radical (unpaired) electrons. The number of ether oxygens (including phenoxy) is 1. The van der Waals surface area contributed by atoms with E-state index >= 15 is 0 Å². The molecule has 1 aliphatic rings. The van der Waals surface area contributed by atoms with Crippen LogP contribution in [-0.2, 0) is 9.59 Å². The average Bonchev–Trinajstić information content (AvgIpc) is 3.03. The largest absolute Gasteiger partial charge is 0.495 e. The van der Waals surface area contributed by atoms with Gasteiger partial charge in [-0.1, -0.05) is 23.7 Å². The molecule has 0 bridgehead atoms. The number of methoxy groups -OCH3 is 1. The third-order valence-corrected chi connectivity index (χ3v) is 4.87. The van der Waals surface area contributed by atoms with Gasteiger partial charge in [-0.05, 0) is 30.3 Å². The third kappa shape index (κ3) is 4.01. The van der Waals surface area contributed by atoms with Crippen LogP contribution in [0.4, 0.5) is 17.1 Å². The molecule has 6 nitrogen and oxygen atoms in total. The highest BCUT2D eigenvalue weighted by molar-refractivity contribution is 6.33. The summed E-state index contributed by atoms with van der Waals surface area (Å²) >= 11 is 6.26. The van der Waals surface area contributed by atoms with E-state index in [1.807, 2.05) is 43.3 Å². The van der Waals surface area contributed by atoms with Crippen LogP contribution in [0.3, 0.4) is 0 Å². The number of benzene rings is 2. The van der Waals surface area contributed by atoms with Gasteiger partial charge in [0.05, 0.1) is 29.4 Å². The highest BCUT2D eigenvalue weighted by Gasteiger charge is 2.36. The van der Waals surface area contributed by atoms with Gasteiger partial charge in [0.1, 0.15) is 5.75 Å². The number of halogens is 1. The number of para-hydroxylation sites is 2. The van der Waals surface area contributed by atoms with Crippen LogP contribution in [0.15, 0.2) is 42.5 Å². The summed E-state index contributed by atoms with van der Waals surface area (Å²) in [4.78, 5) is 28.6. The van der Waals surface area contributed by atoms with Crippen molar-refractivity contribution in [2.75, 3.05) is 42.9 Å². The van der Waals surface area contributed by atoms with Crippen molar-refractivity contribution in [2.24, 2.45) is 5.92 Å². The number of rotatable bonds is 5. The van der Waals surface area contributed by atoms with Crippen LogP contribution in [-0.4, -0.2) is 39.6 Å². The van der Waals surface area contributed by atoms with Gasteiger partial charge in [0.2, 0.25) is 11.8 Å². The first-order valence-electron chi connectivity index (χ1n) is 8.62. The Balaban J connectivity index is 1.72. The fourth-order valence-electron chi connectivity index (χ4n) is 3.16. The van der Waals surface area contributed by atoms with Gasteiger partial charge in [-0.15, -0.1) is 0 Å². The Labute approximate surface area is 163 Å². The van der Waals surface area contributed by atoms with Crippen molar-refractivity contribution in [1.29, 1.82) is 0 Å². The second kappa shape index (κ2) is 7.88. The highest BCUT2D eigenvalue weighted by Crippen LogP contribution is 2.33. The van der Waals surface area contributed by atoms with Crippen LogP contribution in [0.2, 0.25) is 5.02 Å². The van der Waals surface area contributed by atoms with Crippen LogP contribution in [0.1, 0.15) is 6.42 Å². The highest BCUT2D eigenvalue weighted by atomic mass is 35.5. The number of hydrogen-bond acceptors (Lipinski definition) is 4. The SMILES string of the molecule is COc1ccccc1N1CC(C(=O)Nc2ccc(N(C)C)c(Cl)c2)CC1=O. The Morgan fingerprint density at radius 3 is 2.67 bits per heavy atom. The van der Waals surface area contributed by atoms with Gasteiger partial charge in [-0.2, -0.15) is 0 Å². The first-order chi connectivity index (χ1) is 12.9. The lowest BCUT2D eigenvalue weighted by Gasteiger charge is -2.19. The molecular formula is C20H22ClN3O3. The average molecular weight is 388 g/mol. The van der Waals surface area contributed by atoms with Gasteiger partial charge in [-0.25, -0.2) is 0 Å². The molecule has 0 aliphatic carbocycles. The smallest absolute Gasteiger partial charge is 0.229 e. The van der Waals surface area contributed by atoms with Crippen LogP contribution in [0.5, 0.6) is 5.75 Å². The van der Waals surface area contributed by atoms with E-state index in [-0.39, 0.29) is 18.2 Å². The lowest BCUT2D eigenvalue weighted by molar-refractivity contribution is -0.122. The first-order valence-corrected chi connectivity index (χ1v) is 8.99. The zero-order chi connectivity index (χ0) is 19.6. The Hall–Kier alpha value is -2.73. The molecule has 1 N–H and O–H groups in total. The van der Waals surface area contributed by atoms with Crippen molar-refractivity contribution in [3.63, 3.8) is 0 Å². The third-order valence-electron chi connectivity index (χ3n) is 4.57. The van der Waals surface area contributed by atoms with Crippen molar-refractivity contribution in [1.82, 2.24) is 0 Å². The van der Waals surface area contributed by atoms with Crippen molar-refractivity contribution >= 4 is 40.5 Å². The molecule has 7 heteroatoms. The van der Waals surface area contributed by atoms with E-state index in [2.05, 4.69) is 5.32 Å². The first kappa shape index (κ1) is 19.0. The molecule has 1 aliphatic heterocycles. The Morgan fingerprint density at radius 1 is 1.26 bits per heavy atom. The summed E-state index contributed by atoms with van der Waals surface area (Å²) in [5.74, 6) is -0.122. The van der Waals surface area contributed by atoms with Crippen molar-refractivity contribution in [3.8, 4) is 5.75 Å². The van der Waals surface area contributed by atoms with Gasteiger partial charge >= 0.3 is 0 Å². The molecule has 2 aromatic carbocycles. The monoisotopic (exact) mass is 387 g/mol. The van der Waals surface area contributed by atoms with Crippen LogP contribution < -0.4 is 19.9 Å². The number of carbonyl (C=O) groups is 2. The fraction of sp³-hybridized carbons (Fsp3) is 0.300. The molecule has 3 rings (SSSR count). The maximum atomic E-state index is 12.6. The molecule has 1 saturated heterocycles. The molecule has 0 spiro atoms. The predicted octanol–water partition coefficient (Wildman–Crippen LogP) is 3.41. The predicted molar refractivity (Wildman–Crippen MR) is 108 cm³/mol. The molecular weight excluding hydrogens is 366 g/mol. The molecule has 1 fully saturated rings. The number of nitrogens with zero attached hydrogens (tertiary/aromatic N) is 2. The Bertz CT molecular complexity index is 869. The number of amides is 2. The quantitative estimate of drug-likeness (QED) is 0.854. The zero-order valence-corrected chi connectivity index (χ0v) is 16.3. The lowest BCUT2D eigenvalue weighted by Crippen LogP contribution is -2.28. The molecule has 2 amide bonds. The maximum Gasteiger partial charge on any atom is 0.229 e. The van der Waals surface area contributed by atoms with E-state index in [1.165, 1.54) is 0 Å². The van der Waals surface area contributed by atoms with Crippen molar-refractivity contribution in [3.05, 3.63) is 47.5 Å². The van der Waals surface area contributed by atoms with Gasteiger partial charge < -0.3 is 19.9 Å². The molecule has 0 saturated carbocycles. The van der Waals surface area contributed by atoms with Crippen LogP contribution in [0, 0.1) is 5.92 Å². The van der Waals surface area contributed by atoms with Crippen molar-refractivity contribution < 1.29 is 14.3 Å². The molecule has 2 aromatic rings. The van der Waals surface area contributed by atoms with E-state index < -0.39 is 5.92 Å². The van der Waals surface area contributed by atoms with Gasteiger partial charge in [0, 0.05) is 32.7 Å². The minimum absolute atomic E-state index is 0.0966. The summed E-state index contributed by atoms with van der Waals surface area (Å²) in [6, 6.07) is 12.7. The topological polar surface area (TPSA) is 61.9 Å². The second-order valence-corrected chi connectivity index (χ2v) is 7.03. The minimum Gasteiger partial charge on any atom is -0.495 e. The van der Waals surface area contributed by atoms with Crippen molar-refractivity contribution in [2.45, 2.75) is 6.42 Å². The lowest BCUT2D eigenvalue weighted by atomic mass is 10.1. The Kier molecular flexibility index (Phi) is 5.56.